The summed E-state index contributed by atoms with van der Waals surface area (Å²) in [5, 5.41) is 2.97. The largest absolute Gasteiger partial charge is 0.348 e. The highest BCUT2D eigenvalue weighted by Gasteiger charge is 2.39. The predicted molar refractivity (Wildman–Crippen MR) is 86.6 cm³/mol. The highest BCUT2D eigenvalue weighted by Crippen LogP contribution is 2.33. The van der Waals surface area contributed by atoms with E-state index in [1.165, 1.54) is 0 Å². The lowest BCUT2D eigenvalue weighted by Gasteiger charge is -2.30. The third-order valence-corrected chi connectivity index (χ3v) is 6.37. The molecule has 5 nitrogen and oxygen atoms in total. The van der Waals surface area contributed by atoms with Gasteiger partial charge in [-0.05, 0) is 30.9 Å². The second kappa shape index (κ2) is 6.18. The number of hydrogen-bond acceptors (Lipinski definition) is 4. The molecule has 0 aromatic heterocycles. The van der Waals surface area contributed by atoms with Crippen molar-refractivity contribution >= 4 is 28.2 Å². The second-order valence-corrected chi connectivity index (χ2v) is 8.11. The first kappa shape index (κ1) is 17.2. The van der Waals surface area contributed by atoms with Crippen molar-refractivity contribution in [2.75, 3.05) is 5.75 Å². The van der Waals surface area contributed by atoms with Crippen LogP contribution in [0.25, 0.3) is 0 Å². The summed E-state index contributed by atoms with van der Waals surface area (Å²) < 4.78 is 24.2. The zero-order chi connectivity index (χ0) is 15.1. The SMILES string of the molecule is Cl.NC1(C(=O)NC2CCS(=O)(=O)c3ccccc32)CCCC1. The van der Waals surface area contributed by atoms with Crippen molar-refractivity contribution in [2.45, 2.75) is 48.6 Å². The fourth-order valence-electron chi connectivity index (χ4n) is 3.27. The van der Waals surface area contributed by atoms with Crippen LogP contribution in [0, 0.1) is 0 Å². The first-order chi connectivity index (χ1) is 9.92. The van der Waals surface area contributed by atoms with Crippen LogP contribution in [0.1, 0.15) is 43.7 Å². The van der Waals surface area contributed by atoms with Gasteiger partial charge in [0, 0.05) is 0 Å². The molecule has 1 aliphatic heterocycles. The molecule has 0 spiro atoms. The average Bonchev–Trinajstić information content (AvgIpc) is 2.90. The van der Waals surface area contributed by atoms with Gasteiger partial charge in [-0.1, -0.05) is 31.0 Å². The van der Waals surface area contributed by atoms with E-state index in [9.17, 15) is 13.2 Å². The molecule has 1 atom stereocenters. The summed E-state index contributed by atoms with van der Waals surface area (Å²) >= 11 is 0. The monoisotopic (exact) mass is 344 g/mol. The molecule has 1 fully saturated rings. The zero-order valence-corrected chi connectivity index (χ0v) is 13.9. The normalized spacial score (nSPS) is 24.9. The molecule has 1 aromatic carbocycles. The van der Waals surface area contributed by atoms with Gasteiger partial charge < -0.3 is 11.1 Å². The van der Waals surface area contributed by atoms with Crippen LogP contribution in [0.3, 0.4) is 0 Å². The Morgan fingerprint density at radius 1 is 1.23 bits per heavy atom. The van der Waals surface area contributed by atoms with Gasteiger partial charge >= 0.3 is 0 Å². The van der Waals surface area contributed by atoms with Crippen LogP contribution in [0.15, 0.2) is 29.2 Å². The topological polar surface area (TPSA) is 89.3 Å². The molecule has 1 aromatic rings. The Hall–Kier alpha value is -1.11. The minimum Gasteiger partial charge on any atom is -0.348 e. The van der Waals surface area contributed by atoms with E-state index >= 15 is 0 Å². The van der Waals surface area contributed by atoms with Gasteiger partial charge in [0.05, 0.1) is 22.2 Å². The highest BCUT2D eigenvalue weighted by molar-refractivity contribution is 7.91. The maximum absolute atomic E-state index is 12.4. The quantitative estimate of drug-likeness (QED) is 0.854. The Balaban J connectivity index is 0.00000176. The van der Waals surface area contributed by atoms with E-state index in [0.717, 1.165) is 12.8 Å². The van der Waals surface area contributed by atoms with E-state index in [4.69, 9.17) is 5.73 Å². The van der Waals surface area contributed by atoms with Gasteiger partial charge in [-0.3, -0.25) is 4.79 Å². The number of nitrogens with two attached hydrogens (primary N) is 1. The Bertz CT molecular complexity index is 669. The van der Waals surface area contributed by atoms with Crippen molar-refractivity contribution < 1.29 is 13.2 Å². The molecule has 1 heterocycles. The molecule has 7 heteroatoms. The van der Waals surface area contributed by atoms with Gasteiger partial charge in [-0.2, -0.15) is 0 Å². The number of hydrogen-bond donors (Lipinski definition) is 2. The Kier molecular flexibility index (Phi) is 4.84. The minimum atomic E-state index is -3.23. The first-order valence-corrected chi connectivity index (χ1v) is 8.99. The number of nitrogens with one attached hydrogen (secondary N) is 1. The summed E-state index contributed by atoms with van der Waals surface area (Å²) in [6.45, 7) is 0. The molecule has 0 radical (unpaired) electrons. The number of halogens is 1. The lowest BCUT2D eigenvalue weighted by Crippen LogP contribution is -2.53. The zero-order valence-electron chi connectivity index (χ0n) is 12.2. The number of rotatable bonds is 2. The minimum absolute atomic E-state index is 0. The molecule has 1 aliphatic carbocycles. The first-order valence-electron chi connectivity index (χ1n) is 7.34. The number of carbonyl (C=O) groups is 1. The number of amides is 1. The van der Waals surface area contributed by atoms with Crippen LogP contribution in [0.2, 0.25) is 0 Å². The van der Waals surface area contributed by atoms with Crippen molar-refractivity contribution in [1.29, 1.82) is 0 Å². The third kappa shape index (κ3) is 3.00. The van der Waals surface area contributed by atoms with E-state index in [-0.39, 0.29) is 30.1 Å². The Labute approximate surface area is 137 Å². The maximum Gasteiger partial charge on any atom is 0.240 e. The molecule has 3 N–H and O–H groups in total. The summed E-state index contributed by atoms with van der Waals surface area (Å²) in [5.74, 6) is -0.0916. The van der Waals surface area contributed by atoms with Crippen LogP contribution in [-0.2, 0) is 14.6 Å². The van der Waals surface area contributed by atoms with Crippen LogP contribution in [0.5, 0.6) is 0 Å². The van der Waals surface area contributed by atoms with Crippen molar-refractivity contribution in [2.24, 2.45) is 5.73 Å². The lowest BCUT2D eigenvalue weighted by molar-refractivity contribution is -0.127. The van der Waals surface area contributed by atoms with Crippen LogP contribution >= 0.6 is 12.4 Å². The van der Waals surface area contributed by atoms with Gasteiger partial charge in [0.1, 0.15) is 0 Å². The molecule has 22 heavy (non-hydrogen) atoms. The molecule has 1 saturated carbocycles. The summed E-state index contributed by atoms with van der Waals surface area (Å²) in [6, 6.07) is 6.62. The summed E-state index contributed by atoms with van der Waals surface area (Å²) in [4.78, 5) is 12.8. The van der Waals surface area contributed by atoms with Crippen LogP contribution in [0.4, 0.5) is 0 Å². The Morgan fingerprint density at radius 3 is 2.55 bits per heavy atom. The predicted octanol–water partition coefficient (Wildman–Crippen LogP) is 1.71. The van der Waals surface area contributed by atoms with Gasteiger partial charge in [0.15, 0.2) is 9.84 Å². The van der Waals surface area contributed by atoms with Gasteiger partial charge in [-0.15, -0.1) is 12.4 Å². The van der Waals surface area contributed by atoms with Crippen LogP contribution in [-0.4, -0.2) is 25.6 Å². The number of carbonyl (C=O) groups excluding carboxylic acids is 1. The molecule has 1 amide bonds. The Morgan fingerprint density at radius 2 is 1.86 bits per heavy atom. The molecule has 0 bridgehead atoms. The van der Waals surface area contributed by atoms with Crippen molar-refractivity contribution in [3.63, 3.8) is 0 Å². The highest BCUT2D eigenvalue weighted by atomic mass is 35.5. The summed E-state index contributed by atoms with van der Waals surface area (Å²) in [6.07, 6.45) is 3.75. The standard InChI is InChI=1S/C15H20N2O3S.ClH/c16-15(8-3-4-9-15)14(18)17-12-7-10-21(19,20)13-6-2-1-5-11(12)13;/h1-2,5-6,12H,3-4,7-10,16H2,(H,17,18);1H. The van der Waals surface area contributed by atoms with Crippen molar-refractivity contribution in [1.82, 2.24) is 5.32 Å². The molecule has 3 rings (SSSR count). The smallest absolute Gasteiger partial charge is 0.240 e. The summed E-state index contributed by atoms with van der Waals surface area (Å²) in [7, 11) is -3.23. The van der Waals surface area contributed by atoms with Gasteiger partial charge in [0.25, 0.3) is 0 Å². The number of fused-ring (bicyclic) bond motifs is 1. The lowest BCUT2D eigenvalue weighted by atomic mass is 9.96. The fourth-order valence-corrected chi connectivity index (χ4v) is 4.90. The molecule has 122 valence electrons. The number of benzene rings is 1. The van der Waals surface area contributed by atoms with Crippen molar-refractivity contribution in [3.8, 4) is 0 Å². The second-order valence-electron chi connectivity index (χ2n) is 6.03. The fraction of sp³-hybridized carbons (Fsp3) is 0.533. The van der Waals surface area contributed by atoms with E-state index in [0.29, 0.717) is 29.7 Å². The molecule has 2 aliphatic rings. The van der Waals surface area contributed by atoms with E-state index < -0.39 is 15.4 Å². The molecule has 0 saturated heterocycles. The van der Waals surface area contributed by atoms with E-state index in [1.807, 2.05) is 0 Å². The average molecular weight is 345 g/mol. The van der Waals surface area contributed by atoms with Crippen molar-refractivity contribution in [3.05, 3.63) is 29.8 Å². The van der Waals surface area contributed by atoms with Gasteiger partial charge in [-0.25, -0.2) is 8.42 Å². The third-order valence-electron chi connectivity index (χ3n) is 4.56. The number of sulfone groups is 1. The molecule has 1 unspecified atom stereocenters. The summed E-state index contributed by atoms with van der Waals surface area (Å²) in [5.41, 5.74) is 6.06. The molecular weight excluding hydrogens is 324 g/mol. The van der Waals surface area contributed by atoms with E-state index in [2.05, 4.69) is 5.32 Å². The molecular formula is C15H21ClN2O3S. The van der Waals surface area contributed by atoms with Crippen LogP contribution < -0.4 is 11.1 Å². The maximum atomic E-state index is 12.4. The van der Waals surface area contributed by atoms with Gasteiger partial charge in [0.2, 0.25) is 5.91 Å². The van der Waals surface area contributed by atoms with E-state index in [1.54, 1.807) is 24.3 Å².